The fourth-order valence-corrected chi connectivity index (χ4v) is 1.92. The molecule has 0 aliphatic rings. The van der Waals surface area contributed by atoms with Crippen molar-refractivity contribution in [1.82, 2.24) is 0 Å². The lowest BCUT2D eigenvalue weighted by atomic mass is 10.0. The first kappa shape index (κ1) is 14.3. The number of unbranched alkanes of at least 4 members (excludes halogenated alkanes) is 3. The zero-order valence-electron chi connectivity index (χ0n) is 10.6. The Balaban J connectivity index is 2.37. The number of aryl methyl sites for hydroxylation is 1. The molecule has 0 aliphatic carbocycles. The summed E-state index contributed by atoms with van der Waals surface area (Å²) in [5.74, 6) is 6.30. The van der Waals surface area contributed by atoms with E-state index in [1.165, 1.54) is 37.7 Å². The molecule has 17 heavy (non-hydrogen) atoms. The summed E-state index contributed by atoms with van der Waals surface area (Å²) in [5, 5.41) is 0.954. The molecule has 0 atom stereocenters. The summed E-state index contributed by atoms with van der Waals surface area (Å²) in [6.07, 6.45) is 7.44. The minimum atomic E-state index is 0.915. The molecule has 0 amide bonds. The highest BCUT2D eigenvalue weighted by molar-refractivity contribution is 9.09. The summed E-state index contributed by atoms with van der Waals surface area (Å²) in [7, 11) is 0. The van der Waals surface area contributed by atoms with Crippen LogP contribution in [0.5, 0.6) is 0 Å². The van der Waals surface area contributed by atoms with Gasteiger partial charge in [-0.25, -0.2) is 0 Å². The molecule has 92 valence electrons. The van der Waals surface area contributed by atoms with Crippen molar-refractivity contribution in [3.8, 4) is 11.8 Å². The third kappa shape index (κ3) is 6.54. The lowest BCUT2D eigenvalue weighted by molar-refractivity contribution is 0.667. The van der Waals surface area contributed by atoms with E-state index < -0.39 is 0 Å². The van der Waals surface area contributed by atoms with Crippen LogP contribution in [0.25, 0.3) is 0 Å². The minimum Gasteiger partial charge on any atom is -0.0970 e. The first-order valence-electron chi connectivity index (χ1n) is 6.50. The van der Waals surface area contributed by atoms with Crippen LogP contribution in [0.1, 0.15) is 50.2 Å². The number of halogens is 1. The molecule has 0 nitrogen and oxygen atoms in total. The van der Waals surface area contributed by atoms with E-state index in [-0.39, 0.29) is 0 Å². The Kier molecular flexibility index (Phi) is 7.84. The monoisotopic (exact) mass is 292 g/mol. The van der Waals surface area contributed by atoms with Crippen LogP contribution in [0.2, 0.25) is 0 Å². The molecule has 0 saturated heterocycles. The molecule has 0 saturated carbocycles. The van der Waals surface area contributed by atoms with E-state index in [0.29, 0.717) is 0 Å². The van der Waals surface area contributed by atoms with Gasteiger partial charge in [0.1, 0.15) is 0 Å². The van der Waals surface area contributed by atoms with Gasteiger partial charge >= 0.3 is 0 Å². The predicted octanol–water partition coefficient (Wildman–Crippen LogP) is 4.95. The van der Waals surface area contributed by atoms with Crippen molar-refractivity contribution in [2.24, 2.45) is 0 Å². The topological polar surface area (TPSA) is 0 Å². The molecule has 0 aromatic heterocycles. The van der Waals surface area contributed by atoms with Crippen LogP contribution >= 0.6 is 15.9 Å². The molecule has 0 aliphatic heterocycles. The SMILES string of the molecule is CCCCCCc1ccc(C#CCCBr)cc1. The van der Waals surface area contributed by atoms with E-state index in [9.17, 15) is 0 Å². The Morgan fingerprint density at radius 1 is 1.06 bits per heavy atom. The second-order valence-corrected chi connectivity index (χ2v) is 5.04. The fourth-order valence-electron chi connectivity index (χ4n) is 1.72. The Morgan fingerprint density at radius 2 is 1.82 bits per heavy atom. The van der Waals surface area contributed by atoms with E-state index in [2.05, 4.69) is 59.0 Å². The second-order valence-electron chi connectivity index (χ2n) is 4.25. The predicted molar refractivity (Wildman–Crippen MR) is 79.6 cm³/mol. The molecule has 0 radical (unpaired) electrons. The van der Waals surface area contributed by atoms with Gasteiger partial charge in [0.25, 0.3) is 0 Å². The molecule has 1 rings (SSSR count). The molecule has 0 fully saturated rings. The second kappa shape index (κ2) is 9.31. The fraction of sp³-hybridized carbons (Fsp3) is 0.500. The third-order valence-corrected chi connectivity index (χ3v) is 3.12. The Morgan fingerprint density at radius 3 is 2.47 bits per heavy atom. The highest BCUT2D eigenvalue weighted by Gasteiger charge is 1.93. The largest absolute Gasteiger partial charge is 0.0970 e. The summed E-state index contributed by atoms with van der Waals surface area (Å²) < 4.78 is 0. The van der Waals surface area contributed by atoms with Crippen molar-refractivity contribution < 1.29 is 0 Å². The molecule has 1 aromatic carbocycles. The number of hydrogen-bond donors (Lipinski definition) is 0. The maximum absolute atomic E-state index is 3.37. The normalized spacial score (nSPS) is 9.76. The number of hydrogen-bond acceptors (Lipinski definition) is 0. The quantitative estimate of drug-likeness (QED) is 0.395. The van der Waals surface area contributed by atoms with Gasteiger partial charge in [0, 0.05) is 17.3 Å². The van der Waals surface area contributed by atoms with Crippen molar-refractivity contribution >= 4 is 15.9 Å². The highest BCUT2D eigenvalue weighted by Crippen LogP contribution is 2.09. The standard InChI is InChI=1S/C16H21Br/c1-2-3-4-5-8-15-10-12-16(13-11-15)9-6-7-14-17/h10-13H,2-5,7-8,14H2,1H3. The zero-order valence-corrected chi connectivity index (χ0v) is 12.2. The molecular weight excluding hydrogens is 272 g/mol. The van der Waals surface area contributed by atoms with E-state index >= 15 is 0 Å². The van der Waals surface area contributed by atoms with E-state index in [4.69, 9.17) is 0 Å². The average Bonchev–Trinajstić information content (AvgIpc) is 2.37. The van der Waals surface area contributed by atoms with Gasteiger partial charge in [-0.2, -0.15) is 0 Å². The molecule has 0 heterocycles. The van der Waals surface area contributed by atoms with Crippen molar-refractivity contribution in [3.63, 3.8) is 0 Å². The van der Waals surface area contributed by atoms with Crippen LogP contribution in [0.3, 0.4) is 0 Å². The summed E-state index contributed by atoms with van der Waals surface area (Å²) in [6, 6.07) is 8.70. The number of rotatable bonds is 6. The maximum atomic E-state index is 3.37. The van der Waals surface area contributed by atoms with Gasteiger partial charge in [0.15, 0.2) is 0 Å². The summed E-state index contributed by atoms with van der Waals surface area (Å²) >= 11 is 3.37. The highest BCUT2D eigenvalue weighted by atomic mass is 79.9. The van der Waals surface area contributed by atoms with Gasteiger partial charge in [-0.05, 0) is 30.5 Å². The van der Waals surface area contributed by atoms with E-state index in [1.54, 1.807) is 0 Å². The van der Waals surface area contributed by atoms with Gasteiger partial charge < -0.3 is 0 Å². The number of benzene rings is 1. The molecule has 0 N–H and O–H groups in total. The van der Waals surface area contributed by atoms with E-state index in [0.717, 1.165) is 17.3 Å². The Labute approximate surface area is 114 Å². The van der Waals surface area contributed by atoms with Crippen molar-refractivity contribution in [2.45, 2.75) is 45.4 Å². The summed E-state index contributed by atoms with van der Waals surface area (Å²) in [5.41, 5.74) is 2.57. The Bertz CT molecular complexity index is 353. The number of alkyl halides is 1. The van der Waals surface area contributed by atoms with Crippen molar-refractivity contribution in [3.05, 3.63) is 35.4 Å². The lowest BCUT2D eigenvalue weighted by Crippen LogP contribution is -1.86. The van der Waals surface area contributed by atoms with Crippen LogP contribution in [0.15, 0.2) is 24.3 Å². The first-order chi connectivity index (χ1) is 8.36. The van der Waals surface area contributed by atoms with Crippen LogP contribution < -0.4 is 0 Å². The van der Waals surface area contributed by atoms with Crippen LogP contribution in [-0.4, -0.2) is 5.33 Å². The summed E-state index contributed by atoms with van der Waals surface area (Å²) in [6.45, 7) is 2.25. The van der Waals surface area contributed by atoms with Gasteiger partial charge in [-0.3, -0.25) is 0 Å². The molecule has 0 bridgehead atoms. The molecular formula is C16H21Br. The molecule has 1 aromatic rings. The van der Waals surface area contributed by atoms with Crippen molar-refractivity contribution in [2.75, 3.05) is 5.33 Å². The van der Waals surface area contributed by atoms with E-state index in [1.807, 2.05) is 0 Å². The lowest BCUT2D eigenvalue weighted by Gasteiger charge is -2.01. The zero-order chi connectivity index (χ0) is 12.3. The van der Waals surface area contributed by atoms with Gasteiger partial charge in [0.2, 0.25) is 0 Å². The Hall–Kier alpha value is -0.740. The third-order valence-electron chi connectivity index (χ3n) is 2.73. The van der Waals surface area contributed by atoms with Crippen LogP contribution in [-0.2, 0) is 6.42 Å². The van der Waals surface area contributed by atoms with Gasteiger partial charge in [-0.1, -0.05) is 66.1 Å². The van der Waals surface area contributed by atoms with Crippen molar-refractivity contribution in [1.29, 1.82) is 0 Å². The molecule has 1 heteroatoms. The van der Waals surface area contributed by atoms with Gasteiger partial charge in [0.05, 0.1) is 0 Å². The maximum Gasteiger partial charge on any atom is 0.0245 e. The van der Waals surface area contributed by atoms with Crippen LogP contribution in [0, 0.1) is 11.8 Å². The van der Waals surface area contributed by atoms with Crippen LogP contribution in [0.4, 0.5) is 0 Å². The first-order valence-corrected chi connectivity index (χ1v) is 7.62. The molecule has 0 unspecified atom stereocenters. The van der Waals surface area contributed by atoms with Gasteiger partial charge in [-0.15, -0.1) is 0 Å². The average molecular weight is 293 g/mol. The summed E-state index contributed by atoms with van der Waals surface area (Å²) in [4.78, 5) is 0. The molecule has 0 spiro atoms. The smallest absolute Gasteiger partial charge is 0.0245 e. The minimum absolute atomic E-state index is 0.915.